The summed E-state index contributed by atoms with van der Waals surface area (Å²) in [6.07, 6.45) is 0. The number of benzene rings is 6. The van der Waals surface area contributed by atoms with Gasteiger partial charge in [0.05, 0.1) is 0 Å². The number of fused-ring (bicyclic) bond motifs is 3. The number of hydrogen-bond donors (Lipinski definition) is 1. The first-order chi connectivity index (χ1) is 15.3. The van der Waals surface area contributed by atoms with Crippen molar-refractivity contribution in [3.05, 3.63) is 140 Å². The Kier molecular flexibility index (Phi) is 6.57. The highest BCUT2D eigenvalue weighted by Gasteiger charge is 1.95. The van der Waals surface area contributed by atoms with Crippen LogP contribution in [0.3, 0.4) is 0 Å². The summed E-state index contributed by atoms with van der Waals surface area (Å²) in [5.41, 5.74) is 0. The van der Waals surface area contributed by atoms with Crippen LogP contribution >= 0.6 is 0 Å². The van der Waals surface area contributed by atoms with E-state index in [1.165, 1.54) is 32.3 Å². The van der Waals surface area contributed by atoms with E-state index < -0.39 is 0 Å². The molecule has 0 aliphatic rings. The molecule has 6 aromatic carbocycles. The average molecular weight is 401 g/mol. The first kappa shape index (κ1) is 20.2. The Morgan fingerprint density at radius 1 is 0.290 bits per heavy atom. The second-order valence-electron chi connectivity index (χ2n) is 7.23. The Balaban J connectivity index is 0.000000119. The third-order valence-electron chi connectivity index (χ3n) is 5.03. The molecular formula is C30H24O. The van der Waals surface area contributed by atoms with Crippen LogP contribution in [0, 0.1) is 0 Å². The summed E-state index contributed by atoms with van der Waals surface area (Å²) < 4.78 is 0. The maximum Gasteiger partial charge on any atom is 0.115 e. The van der Waals surface area contributed by atoms with E-state index in [1.807, 2.05) is 6.07 Å². The zero-order chi connectivity index (χ0) is 21.3. The summed E-state index contributed by atoms with van der Waals surface area (Å²) in [5, 5.41) is 16.5. The third kappa shape index (κ3) is 5.49. The molecule has 0 unspecified atom stereocenters. The van der Waals surface area contributed by atoms with Crippen LogP contribution in [-0.2, 0) is 0 Å². The van der Waals surface area contributed by atoms with E-state index in [4.69, 9.17) is 5.11 Å². The quantitative estimate of drug-likeness (QED) is 0.255. The average Bonchev–Trinajstić information content (AvgIpc) is 2.84. The Morgan fingerprint density at radius 2 is 0.548 bits per heavy atom. The summed E-state index contributed by atoms with van der Waals surface area (Å²) in [6, 6.07) is 46.8. The fourth-order valence-corrected chi connectivity index (χ4v) is 3.44. The lowest BCUT2D eigenvalue weighted by Gasteiger charge is -2.00. The Morgan fingerprint density at radius 3 is 0.806 bits per heavy atom. The van der Waals surface area contributed by atoms with Crippen molar-refractivity contribution in [2.75, 3.05) is 0 Å². The monoisotopic (exact) mass is 400 g/mol. The van der Waals surface area contributed by atoms with Crippen LogP contribution in [-0.4, -0.2) is 5.11 Å². The van der Waals surface area contributed by atoms with Crippen molar-refractivity contribution in [2.45, 2.75) is 0 Å². The zero-order valence-electron chi connectivity index (χ0n) is 17.2. The molecule has 6 aromatic rings. The van der Waals surface area contributed by atoms with E-state index in [-0.39, 0.29) is 0 Å². The van der Waals surface area contributed by atoms with Gasteiger partial charge >= 0.3 is 0 Å². The van der Waals surface area contributed by atoms with Crippen molar-refractivity contribution in [3.63, 3.8) is 0 Å². The first-order valence-electron chi connectivity index (χ1n) is 10.3. The van der Waals surface area contributed by atoms with Gasteiger partial charge in [0.2, 0.25) is 0 Å². The summed E-state index contributed by atoms with van der Waals surface area (Å²) in [7, 11) is 0. The normalized spacial score (nSPS) is 10.1. The molecule has 0 aromatic heterocycles. The van der Waals surface area contributed by atoms with Crippen molar-refractivity contribution in [1.29, 1.82) is 0 Å². The van der Waals surface area contributed by atoms with E-state index in [2.05, 4.69) is 109 Å². The summed E-state index contributed by atoms with van der Waals surface area (Å²) >= 11 is 0. The van der Waals surface area contributed by atoms with Crippen LogP contribution in [0.1, 0.15) is 0 Å². The van der Waals surface area contributed by atoms with Crippen LogP contribution in [0.15, 0.2) is 140 Å². The molecule has 0 aliphatic carbocycles. The SMILES string of the molecule is Oc1ccccc1.c1ccc2cc3ccccc3cc2c1.c1ccc2ccccc2c1. The van der Waals surface area contributed by atoms with Crippen LogP contribution in [0.2, 0.25) is 0 Å². The van der Waals surface area contributed by atoms with Gasteiger partial charge in [-0.15, -0.1) is 0 Å². The van der Waals surface area contributed by atoms with Crippen molar-refractivity contribution >= 4 is 32.3 Å². The van der Waals surface area contributed by atoms with Gasteiger partial charge in [-0.1, -0.05) is 115 Å². The lowest BCUT2D eigenvalue weighted by Crippen LogP contribution is -1.74. The molecule has 0 atom stereocenters. The minimum Gasteiger partial charge on any atom is -0.508 e. The number of hydrogen-bond acceptors (Lipinski definition) is 1. The van der Waals surface area contributed by atoms with E-state index in [9.17, 15) is 0 Å². The third-order valence-corrected chi connectivity index (χ3v) is 5.03. The molecule has 0 heterocycles. The molecule has 1 N–H and O–H groups in total. The van der Waals surface area contributed by atoms with E-state index in [1.54, 1.807) is 24.3 Å². The molecule has 0 radical (unpaired) electrons. The lowest BCUT2D eigenvalue weighted by molar-refractivity contribution is 0.475. The van der Waals surface area contributed by atoms with Gasteiger partial charge in [-0.2, -0.15) is 0 Å². The van der Waals surface area contributed by atoms with Crippen molar-refractivity contribution in [2.24, 2.45) is 0 Å². The number of phenolic OH excluding ortho intramolecular Hbond substituents is 1. The molecule has 0 spiro atoms. The molecule has 0 fully saturated rings. The topological polar surface area (TPSA) is 20.2 Å². The van der Waals surface area contributed by atoms with Gasteiger partial charge in [0.15, 0.2) is 0 Å². The van der Waals surface area contributed by atoms with Gasteiger partial charge in [0.25, 0.3) is 0 Å². The van der Waals surface area contributed by atoms with Gasteiger partial charge in [-0.3, -0.25) is 0 Å². The van der Waals surface area contributed by atoms with Crippen LogP contribution in [0.25, 0.3) is 32.3 Å². The highest BCUT2D eigenvalue weighted by molar-refractivity contribution is 5.98. The fraction of sp³-hybridized carbons (Fsp3) is 0. The maximum absolute atomic E-state index is 8.63. The summed E-state index contributed by atoms with van der Waals surface area (Å²) in [5.74, 6) is 0.322. The Labute approximate surface area is 182 Å². The lowest BCUT2D eigenvalue weighted by atomic mass is 10.0. The molecular weight excluding hydrogens is 376 g/mol. The zero-order valence-corrected chi connectivity index (χ0v) is 17.2. The molecule has 150 valence electrons. The molecule has 6 rings (SSSR count). The van der Waals surface area contributed by atoms with Gasteiger partial charge in [0.1, 0.15) is 5.75 Å². The maximum atomic E-state index is 8.63. The molecule has 1 heteroatoms. The predicted octanol–water partition coefficient (Wildman–Crippen LogP) is 8.23. The first-order valence-corrected chi connectivity index (χ1v) is 10.3. The Bertz CT molecular complexity index is 1220. The smallest absolute Gasteiger partial charge is 0.115 e. The second-order valence-corrected chi connectivity index (χ2v) is 7.23. The number of phenols is 1. The van der Waals surface area contributed by atoms with Gasteiger partial charge in [-0.25, -0.2) is 0 Å². The molecule has 0 aliphatic heterocycles. The minimum atomic E-state index is 0.322. The number of aromatic hydroxyl groups is 1. The molecule has 31 heavy (non-hydrogen) atoms. The van der Waals surface area contributed by atoms with Crippen LogP contribution < -0.4 is 0 Å². The fourth-order valence-electron chi connectivity index (χ4n) is 3.44. The van der Waals surface area contributed by atoms with Gasteiger partial charge in [0, 0.05) is 0 Å². The van der Waals surface area contributed by atoms with Crippen LogP contribution in [0.4, 0.5) is 0 Å². The van der Waals surface area contributed by atoms with E-state index in [0.29, 0.717) is 5.75 Å². The largest absolute Gasteiger partial charge is 0.508 e. The molecule has 0 saturated carbocycles. The molecule has 0 bridgehead atoms. The van der Waals surface area contributed by atoms with Crippen molar-refractivity contribution in [1.82, 2.24) is 0 Å². The van der Waals surface area contributed by atoms with Crippen molar-refractivity contribution < 1.29 is 5.11 Å². The second kappa shape index (κ2) is 10.1. The predicted molar refractivity (Wildman–Crippen MR) is 134 cm³/mol. The molecule has 0 saturated heterocycles. The number of rotatable bonds is 0. The summed E-state index contributed by atoms with van der Waals surface area (Å²) in [4.78, 5) is 0. The highest BCUT2D eigenvalue weighted by atomic mass is 16.3. The standard InChI is InChI=1S/C14H10.C10H8.C6H6O/c1-2-6-12-10-14-8-4-3-7-13(14)9-11(12)5-1;1-2-6-10-8-4-3-7-9(10)5-1;7-6-4-2-1-3-5-6/h1-10H;1-8H;1-5,7H. The number of para-hydroxylation sites is 1. The molecule has 0 amide bonds. The highest BCUT2D eigenvalue weighted by Crippen LogP contribution is 2.22. The van der Waals surface area contributed by atoms with Crippen molar-refractivity contribution in [3.8, 4) is 5.75 Å². The Hall–Kier alpha value is -4.10. The van der Waals surface area contributed by atoms with E-state index in [0.717, 1.165) is 0 Å². The van der Waals surface area contributed by atoms with Gasteiger partial charge < -0.3 is 5.11 Å². The van der Waals surface area contributed by atoms with E-state index >= 15 is 0 Å². The minimum absolute atomic E-state index is 0.322. The molecule has 1 nitrogen and oxygen atoms in total. The van der Waals surface area contributed by atoms with Gasteiger partial charge in [-0.05, 0) is 56.6 Å². The summed E-state index contributed by atoms with van der Waals surface area (Å²) in [6.45, 7) is 0. The van der Waals surface area contributed by atoms with Crippen LogP contribution in [0.5, 0.6) is 5.75 Å².